The number of hydrogen-bond donors (Lipinski definition) is 6. The van der Waals surface area contributed by atoms with Gasteiger partial charge in [-0.1, -0.05) is 27.7 Å². The minimum Gasteiger partial charge on any atom is -0.394 e. The van der Waals surface area contributed by atoms with Gasteiger partial charge in [-0.25, -0.2) is 0 Å². The molecule has 0 aromatic carbocycles. The summed E-state index contributed by atoms with van der Waals surface area (Å²) in [7, 11) is 0. The average Bonchev–Trinajstić information content (AvgIpc) is 3.55. The van der Waals surface area contributed by atoms with Crippen LogP contribution in [0.2, 0.25) is 0 Å². The van der Waals surface area contributed by atoms with E-state index in [4.69, 9.17) is 28.4 Å². The zero-order chi connectivity index (χ0) is 35.3. The van der Waals surface area contributed by atoms with Crippen LogP contribution in [0.4, 0.5) is 0 Å². The number of ether oxygens (including phenoxy) is 6. The van der Waals surface area contributed by atoms with Crippen LogP contribution >= 0.6 is 0 Å². The molecule has 4 heterocycles. The molecule has 1 spiro atoms. The summed E-state index contributed by atoms with van der Waals surface area (Å²) < 4.78 is 36.9. The Morgan fingerprint density at radius 2 is 1.50 bits per heavy atom. The van der Waals surface area contributed by atoms with Crippen LogP contribution in [0.3, 0.4) is 0 Å². The summed E-state index contributed by atoms with van der Waals surface area (Å²) in [6, 6.07) is 0. The highest BCUT2D eigenvalue weighted by Gasteiger charge is 2.69. The fraction of sp³-hybridized carbons (Fsp3) is 1.00. The van der Waals surface area contributed by atoms with E-state index in [0.29, 0.717) is 47.5 Å². The number of aliphatic hydroxyl groups is 6. The predicted octanol–water partition coefficient (Wildman–Crippen LogP) is 2.08. The average molecular weight is 711 g/mol. The van der Waals surface area contributed by atoms with Crippen molar-refractivity contribution in [3.63, 3.8) is 0 Å². The highest BCUT2D eigenvalue weighted by atomic mass is 16.7. The van der Waals surface area contributed by atoms with Crippen LogP contribution in [0.15, 0.2) is 0 Å². The standard InChI is InChI=1S/C38H62O12/c1-18-7-12-38(46-16-18)19(2)28-26(50-38)14-24-22-6-5-20-13-21(8-10-36(20,3)23(22)9-11-37(24,28)4)47-35-32(44)30(42)33(27(15-39)48-35)49-34-31(43)29(41)25(40)17-45-34/h18-35,39-44H,5-17H2,1-4H3/t18-,19-,20+,21-,22-,23+,24+,25+,26-,27+,28-,29-,30+,31+,32+,33+,34-,35+,36-,37-,38-/m1/s1. The zero-order valence-corrected chi connectivity index (χ0v) is 30.2. The second-order valence-electron chi connectivity index (χ2n) is 18.3. The van der Waals surface area contributed by atoms with Gasteiger partial charge in [-0.15, -0.1) is 0 Å². The SMILES string of the molecule is C[C@@H]1CC[C@@]2(OC1)O[C@@H]1C[C@H]3[C@@H]4CC[C@H]5C[C@H](O[C@H]6O[C@@H](CO)[C@H](O[C@H]7OC[C@H](O)[C@@H](O)[C@@H]7O)[C@@H](O)[C@@H]6O)CC[C@@]5(C)[C@H]4CC[C@@]3(C)[C@@H]1[C@H]2C. The van der Waals surface area contributed by atoms with Crippen molar-refractivity contribution in [2.24, 2.45) is 52.3 Å². The molecule has 0 bridgehead atoms. The molecule has 0 amide bonds. The third-order valence-corrected chi connectivity index (χ3v) is 15.8. The Kier molecular flexibility index (Phi) is 9.76. The Balaban J connectivity index is 0.894. The van der Waals surface area contributed by atoms with Gasteiger partial charge < -0.3 is 59.1 Å². The zero-order valence-electron chi connectivity index (χ0n) is 30.2. The van der Waals surface area contributed by atoms with E-state index in [1.807, 2.05) is 0 Å². The van der Waals surface area contributed by atoms with Gasteiger partial charge in [-0.2, -0.15) is 0 Å². The molecule has 4 saturated carbocycles. The molecule has 4 saturated heterocycles. The van der Waals surface area contributed by atoms with Crippen LogP contribution in [0.25, 0.3) is 0 Å². The van der Waals surface area contributed by atoms with Gasteiger partial charge in [-0.3, -0.25) is 0 Å². The van der Waals surface area contributed by atoms with Crippen LogP contribution in [-0.2, 0) is 28.4 Å². The van der Waals surface area contributed by atoms with Crippen molar-refractivity contribution in [1.29, 1.82) is 0 Å². The van der Waals surface area contributed by atoms with Gasteiger partial charge in [0.15, 0.2) is 18.4 Å². The van der Waals surface area contributed by atoms with Crippen LogP contribution in [0.5, 0.6) is 0 Å². The minimum absolute atomic E-state index is 0.156. The van der Waals surface area contributed by atoms with Crippen LogP contribution in [0.1, 0.15) is 91.9 Å². The molecule has 0 aromatic rings. The van der Waals surface area contributed by atoms with E-state index in [-0.39, 0.29) is 29.3 Å². The lowest BCUT2D eigenvalue weighted by Gasteiger charge is -2.61. The molecule has 12 heteroatoms. The van der Waals surface area contributed by atoms with E-state index < -0.39 is 61.9 Å². The Hall–Kier alpha value is -0.480. The quantitative estimate of drug-likeness (QED) is 0.230. The van der Waals surface area contributed by atoms with Crippen LogP contribution in [0, 0.1) is 52.3 Å². The Morgan fingerprint density at radius 1 is 0.740 bits per heavy atom. The van der Waals surface area contributed by atoms with E-state index in [1.165, 1.54) is 25.7 Å². The molecule has 286 valence electrons. The second-order valence-corrected chi connectivity index (χ2v) is 18.3. The van der Waals surface area contributed by atoms with Crippen molar-refractivity contribution in [3.8, 4) is 0 Å². The first kappa shape index (κ1) is 36.5. The molecule has 6 N–H and O–H groups in total. The molecule has 12 nitrogen and oxygen atoms in total. The van der Waals surface area contributed by atoms with Gasteiger partial charge in [0.1, 0.15) is 42.7 Å². The summed E-state index contributed by atoms with van der Waals surface area (Å²) in [6.07, 6.45) is -1.12. The van der Waals surface area contributed by atoms with Gasteiger partial charge in [0.05, 0.1) is 32.0 Å². The maximum absolute atomic E-state index is 11.1. The highest BCUT2D eigenvalue weighted by molar-refractivity contribution is 5.15. The molecule has 8 aliphatic rings. The number of aliphatic hydroxyl groups excluding tert-OH is 6. The maximum Gasteiger partial charge on any atom is 0.186 e. The molecular formula is C38H62O12. The lowest BCUT2D eigenvalue weighted by atomic mass is 9.44. The van der Waals surface area contributed by atoms with Gasteiger partial charge >= 0.3 is 0 Å². The van der Waals surface area contributed by atoms with Crippen molar-refractivity contribution in [1.82, 2.24) is 0 Å². The van der Waals surface area contributed by atoms with Crippen molar-refractivity contribution >= 4 is 0 Å². The predicted molar refractivity (Wildman–Crippen MR) is 177 cm³/mol. The monoisotopic (exact) mass is 710 g/mol. The summed E-state index contributed by atoms with van der Waals surface area (Å²) >= 11 is 0. The summed E-state index contributed by atoms with van der Waals surface area (Å²) in [6.45, 7) is 9.79. The molecule has 0 aromatic heterocycles. The van der Waals surface area contributed by atoms with Crippen molar-refractivity contribution < 1.29 is 59.1 Å². The third-order valence-electron chi connectivity index (χ3n) is 15.8. The normalized spacial score (nSPS) is 59.4. The molecule has 4 aliphatic carbocycles. The van der Waals surface area contributed by atoms with Gasteiger partial charge in [0.2, 0.25) is 0 Å². The maximum atomic E-state index is 11.1. The number of fused-ring (bicyclic) bond motifs is 7. The first-order valence-corrected chi connectivity index (χ1v) is 19.7. The first-order chi connectivity index (χ1) is 23.8. The van der Waals surface area contributed by atoms with Crippen LogP contribution < -0.4 is 0 Å². The topological polar surface area (TPSA) is 177 Å². The minimum atomic E-state index is -1.58. The summed E-state index contributed by atoms with van der Waals surface area (Å²) in [5.74, 6) is 3.74. The fourth-order valence-electron chi connectivity index (χ4n) is 12.9. The molecule has 50 heavy (non-hydrogen) atoms. The van der Waals surface area contributed by atoms with E-state index >= 15 is 0 Å². The molecule has 0 radical (unpaired) electrons. The van der Waals surface area contributed by atoms with Crippen molar-refractivity contribution in [2.75, 3.05) is 19.8 Å². The molecule has 0 unspecified atom stereocenters. The summed E-state index contributed by atoms with van der Waals surface area (Å²) in [5.41, 5.74) is 0.502. The smallest absolute Gasteiger partial charge is 0.186 e. The largest absolute Gasteiger partial charge is 0.394 e. The lowest BCUT2D eigenvalue weighted by molar-refractivity contribution is -0.354. The van der Waals surface area contributed by atoms with E-state index in [0.717, 1.165) is 45.1 Å². The fourth-order valence-corrected chi connectivity index (χ4v) is 12.9. The van der Waals surface area contributed by atoms with Gasteiger partial charge in [0, 0.05) is 12.3 Å². The number of rotatable bonds is 5. The summed E-state index contributed by atoms with van der Waals surface area (Å²) in [5, 5.41) is 62.4. The Morgan fingerprint density at radius 3 is 2.24 bits per heavy atom. The van der Waals surface area contributed by atoms with Crippen molar-refractivity contribution in [3.05, 3.63) is 0 Å². The van der Waals surface area contributed by atoms with Gasteiger partial charge in [0.25, 0.3) is 0 Å². The lowest BCUT2D eigenvalue weighted by Crippen LogP contribution is -2.63. The molecule has 4 aliphatic heterocycles. The Bertz CT molecular complexity index is 1210. The highest BCUT2D eigenvalue weighted by Crippen LogP contribution is 2.71. The summed E-state index contributed by atoms with van der Waals surface area (Å²) in [4.78, 5) is 0. The molecular weight excluding hydrogens is 648 g/mol. The van der Waals surface area contributed by atoms with E-state index in [1.54, 1.807) is 0 Å². The molecule has 21 atom stereocenters. The third kappa shape index (κ3) is 5.68. The van der Waals surface area contributed by atoms with Gasteiger partial charge in [-0.05, 0) is 104 Å². The first-order valence-electron chi connectivity index (χ1n) is 19.7. The molecule has 8 fully saturated rings. The van der Waals surface area contributed by atoms with Crippen molar-refractivity contribution in [2.45, 2.75) is 165 Å². The van der Waals surface area contributed by atoms with Crippen LogP contribution in [-0.4, -0.2) is 124 Å². The van der Waals surface area contributed by atoms with E-state index in [9.17, 15) is 30.6 Å². The second kappa shape index (κ2) is 13.4. The Labute approximate surface area is 296 Å². The van der Waals surface area contributed by atoms with E-state index in [2.05, 4.69) is 27.7 Å². The molecule has 8 rings (SSSR count). The number of hydrogen-bond acceptors (Lipinski definition) is 12.